The molecule has 0 radical (unpaired) electrons. The van der Waals surface area contributed by atoms with E-state index in [0.717, 1.165) is 36.3 Å². The van der Waals surface area contributed by atoms with Gasteiger partial charge in [0.15, 0.2) is 0 Å². The molecular weight excluding hydrogens is 302 g/mol. The molecule has 1 unspecified atom stereocenters. The summed E-state index contributed by atoms with van der Waals surface area (Å²) in [5.74, 6) is 0. The number of pyridine rings is 1. The zero-order valence-corrected chi connectivity index (χ0v) is 13.2. The van der Waals surface area contributed by atoms with Crippen LogP contribution in [0, 0.1) is 0 Å². The van der Waals surface area contributed by atoms with Crippen LogP contribution in [0.25, 0.3) is 11.3 Å². The second kappa shape index (κ2) is 6.15. The van der Waals surface area contributed by atoms with Gasteiger partial charge in [0.25, 0.3) is 0 Å². The SMILES string of the molecule is CS(=O)(=O)NC1CCN(Cc2cn[nH]c2-c2cccnc2)C1. The molecule has 2 aromatic rings. The van der Waals surface area contributed by atoms with Gasteiger partial charge in [-0.25, -0.2) is 13.1 Å². The van der Waals surface area contributed by atoms with Crippen molar-refractivity contribution >= 4 is 10.0 Å². The first-order valence-corrected chi connectivity index (χ1v) is 9.03. The number of aromatic amines is 1. The van der Waals surface area contributed by atoms with Gasteiger partial charge < -0.3 is 0 Å². The highest BCUT2D eigenvalue weighted by molar-refractivity contribution is 7.88. The van der Waals surface area contributed by atoms with Crippen LogP contribution in [-0.4, -0.2) is 53.9 Å². The Labute approximate surface area is 129 Å². The molecule has 2 aromatic heterocycles. The zero-order valence-electron chi connectivity index (χ0n) is 12.4. The second-order valence-corrected chi connectivity index (χ2v) is 7.40. The van der Waals surface area contributed by atoms with E-state index in [2.05, 4.69) is 24.8 Å². The Morgan fingerprint density at radius 3 is 3.05 bits per heavy atom. The molecule has 0 saturated carbocycles. The van der Waals surface area contributed by atoms with Gasteiger partial charge in [-0.2, -0.15) is 5.10 Å². The molecule has 0 amide bonds. The molecular formula is C14H19N5O2S. The number of nitrogens with one attached hydrogen (secondary N) is 2. The largest absolute Gasteiger partial charge is 0.297 e. The first-order chi connectivity index (χ1) is 10.5. The Kier molecular flexibility index (Phi) is 4.23. The maximum atomic E-state index is 11.3. The molecule has 0 aliphatic carbocycles. The molecule has 2 N–H and O–H groups in total. The average Bonchev–Trinajstić information content (AvgIpc) is 3.08. The van der Waals surface area contributed by atoms with Crippen LogP contribution in [0.1, 0.15) is 12.0 Å². The molecule has 1 aliphatic rings. The predicted molar refractivity (Wildman–Crippen MR) is 83.5 cm³/mol. The van der Waals surface area contributed by atoms with E-state index < -0.39 is 10.0 Å². The number of aromatic nitrogens is 3. The van der Waals surface area contributed by atoms with E-state index in [1.165, 1.54) is 6.26 Å². The molecule has 1 atom stereocenters. The number of hydrogen-bond donors (Lipinski definition) is 2. The number of likely N-dealkylation sites (tertiary alicyclic amines) is 1. The highest BCUT2D eigenvalue weighted by Gasteiger charge is 2.25. The van der Waals surface area contributed by atoms with Crippen molar-refractivity contribution in [3.05, 3.63) is 36.3 Å². The van der Waals surface area contributed by atoms with Crippen molar-refractivity contribution in [1.29, 1.82) is 0 Å². The highest BCUT2D eigenvalue weighted by Crippen LogP contribution is 2.22. The van der Waals surface area contributed by atoms with Crippen LogP contribution < -0.4 is 4.72 Å². The predicted octanol–water partition coefficient (Wildman–Crippen LogP) is 0.595. The van der Waals surface area contributed by atoms with Gasteiger partial charge in [-0.05, 0) is 18.6 Å². The van der Waals surface area contributed by atoms with Crippen molar-refractivity contribution in [1.82, 2.24) is 24.8 Å². The molecule has 3 heterocycles. The molecule has 0 aromatic carbocycles. The molecule has 0 spiro atoms. The van der Waals surface area contributed by atoms with E-state index in [9.17, 15) is 8.42 Å². The minimum absolute atomic E-state index is 0.0104. The van der Waals surface area contributed by atoms with Gasteiger partial charge >= 0.3 is 0 Å². The van der Waals surface area contributed by atoms with Crippen LogP contribution in [0.15, 0.2) is 30.7 Å². The maximum absolute atomic E-state index is 11.3. The van der Waals surface area contributed by atoms with Crippen molar-refractivity contribution in [3.63, 3.8) is 0 Å². The van der Waals surface area contributed by atoms with Crippen LogP contribution in [0.2, 0.25) is 0 Å². The summed E-state index contributed by atoms with van der Waals surface area (Å²) in [4.78, 5) is 6.36. The zero-order chi connectivity index (χ0) is 15.6. The minimum Gasteiger partial charge on any atom is -0.297 e. The average molecular weight is 321 g/mol. The van der Waals surface area contributed by atoms with Gasteiger partial charge in [-0.3, -0.25) is 15.0 Å². The Bertz CT molecular complexity index is 729. The van der Waals surface area contributed by atoms with Crippen LogP contribution in [0.3, 0.4) is 0 Å². The van der Waals surface area contributed by atoms with E-state index in [4.69, 9.17) is 0 Å². The lowest BCUT2D eigenvalue weighted by molar-refractivity contribution is 0.325. The molecule has 22 heavy (non-hydrogen) atoms. The number of H-pyrrole nitrogens is 1. The molecule has 1 saturated heterocycles. The Hall–Kier alpha value is -1.77. The van der Waals surface area contributed by atoms with Gasteiger partial charge in [0, 0.05) is 49.2 Å². The third kappa shape index (κ3) is 3.70. The number of hydrogen-bond acceptors (Lipinski definition) is 5. The first kappa shape index (κ1) is 15.1. The van der Waals surface area contributed by atoms with Gasteiger partial charge in [-0.1, -0.05) is 0 Å². The standard InChI is InChI=1S/C14H19N5O2S/c1-22(20,21)18-13-4-6-19(10-13)9-12-8-16-17-14(12)11-3-2-5-15-7-11/h2-3,5,7-8,13,18H,4,6,9-10H2,1H3,(H,16,17). The second-order valence-electron chi connectivity index (χ2n) is 5.62. The minimum atomic E-state index is -3.15. The fourth-order valence-corrected chi connectivity index (χ4v) is 3.61. The molecule has 1 fully saturated rings. The number of sulfonamides is 1. The molecule has 0 bridgehead atoms. The van der Waals surface area contributed by atoms with Crippen LogP contribution in [0.4, 0.5) is 0 Å². The molecule has 7 nitrogen and oxygen atoms in total. The lowest BCUT2D eigenvalue weighted by atomic mass is 10.1. The van der Waals surface area contributed by atoms with E-state index in [-0.39, 0.29) is 6.04 Å². The van der Waals surface area contributed by atoms with E-state index >= 15 is 0 Å². The lowest BCUT2D eigenvalue weighted by Gasteiger charge is -2.16. The summed E-state index contributed by atoms with van der Waals surface area (Å²) in [7, 11) is -3.15. The van der Waals surface area contributed by atoms with Crippen molar-refractivity contribution in [2.75, 3.05) is 19.3 Å². The fraction of sp³-hybridized carbons (Fsp3) is 0.429. The summed E-state index contributed by atoms with van der Waals surface area (Å²) in [6.07, 6.45) is 7.38. The smallest absolute Gasteiger partial charge is 0.208 e. The van der Waals surface area contributed by atoms with Crippen LogP contribution in [-0.2, 0) is 16.6 Å². The fourth-order valence-electron chi connectivity index (χ4n) is 2.81. The number of rotatable bonds is 5. The summed E-state index contributed by atoms with van der Waals surface area (Å²) in [5.41, 5.74) is 3.06. The summed E-state index contributed by atoms with van der Waals surface area (Å²) in [5, 5.41) is 7.15. The summed E-state index contributed by atoms with van der Waals surface area (Å²) in [6.45, 7) is 2.32. The van der Waals surface area contributed by atoms with Crippen LogP contribution >= 0.6 is 0 Å². The third-order valence-corrected chi connectivity index (χ3v) is 4.48. The monoisotopic (exact) mass is 321 g/mol. The Morgan fingerprint density at radius 1 is 1.45 bits per heavy atom. The van der Waals surface area contributed by atoms with Crippen molar-refractivity contribution in [2.45, 2.75) is 19.0 Å². The number of nitrogens with zero attached hydrogens (tertiary/aromatic N) is 3. The van der Waals surface area contributed by atoms with Crippen molar-refractivity contribution < 1.29 is 8.42 Å². The van der Waals surface area contributed by atoms with Gasteiger partial charge in [0.2, 0.25) is 10.0 Å². The Morgan fingerprint density at radius 2 is 2.32 bits per heavy atom. The van der Waals surface area contributed by atoms with E-state index in [1.54, 1.807) is 12.4 Å². The van der Waals surface area contributed by atoms with Gasteiger partial charge in [-0.15, -0.1) is 0 Å². The van der Waals surface area contributed by atoms with Crippen molar-refractivity contribution in [3.8, 4) is 11.3 Å². The van der Waals surface area contributed by atoms with E-state index in [1.807, 2.05) is 18.3 Å². The molecule has 3 rings (SSSR count). The topological polar surface area (TPSA) is 91.0 Å². The van der Waals surface area contributed by atoms with Crippen molar-refractivity contribution in [2.24, 2.45) is 0 Å². The molecule has 118 valence electrons. The lowest BCUT2D eigenvalue weighted by Crippen LogP contribution is -2.36. The Balaban J connectivity index is 1.67. The van der Waals surface area contributed by atoms with E-state index in [0.29, 0.717) is 6.54 Å². The first-order valence-electron chi connectivity index (χ1n) is 7.13. The highest BCUT2D eigenvalue weighted by atomic mass is 32.2. The summed E-state index contributed by atoms with van der Waals surface area (Å²) in [6, 6.07) is 3.87. The molecule has 1 aliphatic heterocycles. The normalized spacial score (nSPS) is 19.6. The molecule has 8 heteroatoms. The summed E-state index contributed by atoms with van der Waals surface area (Å²) >= 11 is 0. The maximum Gasteiger partial charge on any atom is 0.208 e. The van der Waals surface area contributed by atoms with Gasteiger partial charge in [0.05, 0.1) is 18.1 Å². The third-order valence-electron chi connectivity index (χ3n) is 3.72. The van der Waals surface area contributed by atoms with Gasteiger partial charge in [0.1, 0.15) is 0 Å². The quantitative estimate of drug-likeness (QED) is 0.841. The summed E-state index contributed by atoms with van der Waals surface area (Å²) < 4.78 is 25.3. The van der Waals surface area contributed by atoms with Crippen LogP contribution in [0.5, 0.6) is 0 Å².